The van der Waals surface area contributed by atoms with E-state index in [0.29, 0.717) is 58.3 Å². The van der Waals surface area contributed by atoms with Gasteiger partial charge >= 0.3 is 5.97 Å². The fourth-order valence-electron chi connectivity index (χ4n) is 3.20. The number of ether oxygens (including phenoxy) is 1. The van der Waals surface area contributed by atoms with Gasteiger partial charge in [-0.25, -0.2) is 0 Å². The summed E-state index contributed by atoms with van der Waals surface area (Å²) in [6.07, 6.45) is 3.09. The summed E-state index contributed by atoms with van der Waals surface area (Å²) in [6, 6.07) is 0. The lowest BCUT2D eigenvalue weighted by Crippen LogP contribution is -2.47. The molecule has 0 aromatic heterocycles. The number of amides is 1. The van der Waals surface area contributed by atoms with Crippen molar-refractivity contribution in [3.63, 3.8) is 0 Å². The van der Waals surface area contributed by atoms with Crippen molar-refractivity contribution in [1.82, 2.24) is 10.2 Å². The number of aliphatic hydroxyl groups is 1. The second-order valence-corrected chi connectivity index (χ2v) is 6.13. The first-order valence-corrected chi connectivity index (χ1v) is 7.90. The highest BCUT2D eigenvalue weighted by molar-refractivity contribution is 5.76. The normalized spacial score (nSPS) is 31.3. The predicted molar refractivity (Wildman–Crippen MR) is 77.6 cm³/mol. The van der Waals surface area contributed by atoms with Gasteiger partial charge in [0.1, 0.15) is 0 Å². The van der Waals surface area contributed by atoms with Crippen LogP contribution in [0.15, 0.2) is 0 Å². The smallest absolute Gasteiger partial charge is 0.308 e. The van der Waals surface area contributed by atoms with E-state index in [-0.39, 0.29) is 17.8 Å². The maximum absolute atomic E-state index is 11.7. The number of hydrogen-bond acceptors (Lipinski definition) is 5. The van der Waals surface area contributed by atoms with E-state index in [0.717, 1.165) is 6.54 Å². The Bertz CT molecular complexity index is 378. The van der Waals surface area contributed by atoms with Crippen molar-refractivity contribution >= 4 is 11.9 Å². The summed E-state index contributed by atoms with van der Waals surface area (Å²) in [5.41, 5.74) is -0.740. The van der Waals surface area contributed by atoms with E-state index in [4.69, 9.17) is 4.74 Å². The van der Waals surface area contributed by atoms with Gasteiger partial charge in [-0.15, -0.1) is 0 Å². The molecule has 1 amide bonds. The maximum Gasteiger partial charge on any atom is 0.308 e. The minimum atomic E-state index is -0.740. The highest BCUT2D eigenvalue weighted by Gasteiger charge is 2.37. The van der Waals surface area contributed by atoms with Crippen LogP contribution in [0.3, 0.4) is 0 Å². The zero-order chi connectivity index (χ0) is 15.3. The molecule has 0 unspecified atom stereocenters. The van der Waals surface area contributed by atoms with Crippen LogP contribution in [0.4, 0.5) is 0 Å². The van der Waals surface area contributed by atoms with Gasteiger partial charge in [0, 0.05) is 32.6 Å². The lowest BCUT2D eigenvalue weighted by Gasteiger charge is -2.38. The van der Waals surface area contributed by atoms with Crippen LogP contribution in [-0.2, 0) is 14.3 Å². The summed E-state index contributed by atoms with van der Waals surface area (Å²) in [7, 11) is 0. The van der Waals surface area contributed by atoms with Gasteiger partial charge in [0.2, 0.25) is 5.91 Å². The molecule has 21 heavy (non-hydrogen) atoms. The molecular weight excluding hydrogens is 272 g/mol. The molecule has 120 valence electrons. The van der Waals surface area contributed by atoms with Crippen LogP contribution in [-0.4, -0.2) is 60.3 Å². The van der Waals surface area contributed by atoms with Gasteiger partial charge < -0.3 is 15.2 Å². The van der Waals surface area contributed by atoms with Gasteiger partial charge in [-0.3, -0.25) is 14.5 Å². The topological polar surface area (TPSA) is 78.9 Å². The molecule has 2 N–H and O–H groups in total. The average Bonchev–Trinajstić information content (AvgIpc) is 2.64. The molecule has 1 aliphatic heterocycles. The van der Waals surface area contributed by atoms with Crippen LogP contribution >= 0.6 is 0 Å². The molecule has 0 atom stereocenters. The van der Waals surface area contributed by atoms with Crippen molar-refractivity contribution in [3.8, 4) is 0 Å². The zero-order valence-electron chi connectivity index (χ0n) is 12.8. The summed E-state index contributed by atoms with van der Waals surface area (Å²) in [6.45, 7) is 4.91. The quantitative estimate of drug-likeness (QED) is 0.730. The molecule has 0 aromatic carbocycles. The molecular formula is C15H26N2O4. The van der Waals surface area contributed by atoms with Gasteiger partial charge in [0.25, 0.3) is 0 Å². The highest BCUT2D eigenvalue weighted by atomic mass is 16.5. The molecule has 2 fully saturated rings. The molecule has 0 radical (unpaired) electrons. The van der Waals surface area contributed by atoms with E-state index in [9.17, 15) is 14.7 Å². The summed E-state index contributed by atoms with van der Waals surface area (Å²) < 4.78 is 5.05. The van der Waals surface area contributed by atoms with Crippen molar-refractivity contribution in [2.45, 2.75) is 44.6 Å². The highest BCUT2D eigenvalue weighted by Crippen LogP contribution is 2.33. The third-order valence-electron chi connectivity index (χ3n) is 4.46. The van der Waals surface area contributed by atoms with Gasteiger partial charge in [-0.05, 0) is 32.6 Å². The van der Waals surface area contributed by atoms with E-state index in [1.165, 1.54) is 0 Å². The number of esters is 1. The average molecular weight is 298 g/mol. The Hall–Kier alpha value is -1.14. The molecule has 1 aliphatic carbocycles. The molecule has 1 heterocycles. The van der Waals surface area contributed by atoms with Crippen molar-refractivity contribution in [3.05, 3.63) is 0 Å². The van der Waals surface area contributed by atoms with E-state index >= 15 is 0 Å². The number of rotatable bonds is 4. The summed E-state index contributed by atoms with van der Waals surface area (Å²) in [5.74, 6) is -0.128. The largest absolute Gasteiger partial charge is 0.466 e. The van der Waals surface area contributed by atoms with Crippen LogP contribution in [0.25, 0.3) is 0 Å². The minimum absolute atomic E-state index is 0.0717. The van der Waals surface area contributed by atoms with E-state index < -0.39 is 5.60 Å². The number of carbonyl (C=O) groups excluding carboxylic acids is 2. The molecule has 0 spiro atoms. The van der Waals surface area contributed by atoms with E-state index in [2.05, 4.69) is 10.2 Å². The van der Waals surface area contributed by atoms with Crippen LogP contribution in [0.1, 0.15) is 39.0 Å². The fraction of sp³-hybridized carbons (Fsp3) is 0.867. The molecule has 2 rings (SSSR count). The third kappa shape index (κ3) is 4.68. The second-order valence-electron chi connectivity index (χ2n) is 6.13. The monoisotopic (exact) mass is 298 g/mol. The molecule has 6 heteroatoms. The number of carbonyl (C=O) groups is 2. The van der Waals surface area contributed by atoms with Crippen molar-refractivity contribution in [2.75, 3.05) is 32.8 Å². The summed E-state index contributed by atoms with van der Waals surface area (Å²) in [4.78, 5) is 25.2. The molecule has 0 bridgehead atoms. The Morgan fingerprint density at radius 1 is 1.43 bits per heavy atom. The van der Waals surface area contributed by atoms with Crippen LogP contribution in [0.2, 0.25) is 0 Å². The Morgan fingerprint density at radius 3 is 2.81 bits per heavy atom. The third-order valence-corrected chi connectivity index (χ3v) is 4.46. The summed E-state index contributed by atoms with van der Waals surface area (Å²) in [5, 5.41) is 13.5. The first-order chi connectivity index (χ1) is 10.0. The number of β-amino-alcohol motifs (C(OH)–C–C–N with tert-alkyl or cyclic N) is 1. The first kappa shape index (κ1) is 16.2. The van der Waals surface area contributed by atoms with E-state index in [1.807, 2.05) is 6.92 Å². The molecule has 1 saturated carbocycles. The summed E-state index contributed by atoms with van der Waals surface area (Å²) >= 11 is 0. The molecule has 2 aliphatic rings. The van der Waals surface area contributed by atoms with Crippen molar-refractivity contribution in [2.24, 2.45) is 5.92 Å². The Morgan fingerprint density at radius 2 is 2.14 bits per heavy atom. The van der Waals surface area contributed by atoms with Crippen molar-refractivity contribution < 1.29 is 19.4 Å². The first-order valence-electron chi connectivity index (χ1n) is 7.90. The SMILES string of the molecule is CCOC(=O)C1CCC(O)(CN2CCNC(=O)CC2)CC1. The van der Waals surface area contributed by atoms with Gasteiger partial charge in [0.05, 0.1) is 18.1 Å². The molecule has 0 aromatic rings. The van der Waals surface area contributed by atoms with Crippen LogP contribution in [0, 0.1) is 5.92 Å². The van der Waals surface area contributed by atoms with Gasteiger partial charge in [0.15, 0.2) is 0 Å². The number of nitrogens with one attached hydrogen (secondary N) is 1. The Labute approximate surface area is 125 Å². The zero-order valence-corrected chi connectivity index (χ0v) is 12.8. The second kappa shape index (κ2) is 7.22. The number of hydrogen-bond donors (Lipinski definition) is 2. The number of nitrogens with zero attached hydrogens (tertiary/aromatic N) is 1. The lowest BCUT2D eigenvalue weighted by atomic mass is 9.78. The van der Waals surface area contributed by atoms with Gasteiger partial charge in [-0.1, -0.05) is 0 Å². The van der Waals surface area contributed by atoms with Crippen LogP contribution in [0.5, 0.6) is 0 Å². The predicted octanol–water partition coefficient (Wildman–Crippen LogP) is 0.293. The van der Waals surface area contributed by atoms with Crippen LogP contribution < -0.4 is 5.32 Å². The Balaban J connectivity index is 1.81. The Kier molecular flexibility index (Phi) is 5.58. The van der Waals surface area contributed by atoms with E-state index in [1.54, 1.807) is 0 Å². The molecule has 1 saturated heterocycles. The lowest BCUT2D eigenvalue weighted by molar-refractivity contribution is -0.151. The van der Waals surface area contributed by atoms with Gasteiger partial charge in [-0.2, -0.15) is 0 Å². The maximum atomic E-state index is 11.7. The standard InChI is InChI=1S/C15H26N2O4/c1-2-21-14(19)12-3-6-15(20,7-4-12)11-17-9-5-13(18)16-8-10-17/h12,20H,2-11H2,1H3,(H,16,18). The van der Waals surface area contributed by atoms with Crippen molar-refractivity contribution in [1.29, 1.82) is 0 Å². The minimum Gasteiger partial charge on any atom is -0.466 e. The molecule has 6 nitrogen and oxygen atoms in total. The fourth-order valence-corrected chi connectivity index (χ4v) is 3.20.